The third-order valence-electron chi connectivity index (χ3n) is 5.85. The number of aliphatic hydroxyl groups excluding tert-OH is 1. The van der Waals surface area contributed by atoms with Crippen LogP contribution in [0, 0.1) is 11.8 Å². The zero-order valence-electron chi connectivity index (χ0n) is 19.0. The molecule has 1 heterocycles. The van der Waals surface area contributed by atoms with Crippen LogP contribution in [-0.4, -0.2) is 68.8 Å². The number of nitrogens with zero attached hydrogens (tertiary/aromatic N) is 1. The van der Waals surface area contributed by atoms with Crippen molar-refractivity contribution in [2.45, 2.75) is 70.6 Å². The van der Waals surface area contributed by atoms with E-state index >= 15 is 0 Å². The molecule has 1 fully saturated rings. The maximum Gasteiger partial charge on any atom is 0.242 e. The summed E-state index contributed by atoms with van der Waals surface area (Å²) in [5.74, 6) is -0.930. The molecular formula is C21H38N5O5P. The van der Waals surface area contributed by atoms with Crippen LogP contribution in [0.3, 0.4) is 0 Å². The Kier molecular flexibility index (Phi) is 10.3. The van der Waals surface area contributed by atoms with Crippen molar-refractivity contribution in [3.05, 3.63) is 18.2 Å². The van der Waals surface area contributed by atoms with Gasteiger partial charge in [-0.3, -0.25) is 14.2 Å². The number of rotatable bonds is 12. The molecule has 2 unspecified atom stereocenters. The Balaban J connectivity index is 1.80. The lowest BCUT2D eigenvalue weighted by Gasteiger charge is -2.26. The second kappa shape index (κ2) is 12.5. The lowest BCUT2D eigenvalue weighted by atomic mass is 9.91. The van der Waals surface area contributed by atoms with Gasteiger partial charge in [0.2, 0.25) is 19.2 Å². The van der Waals surface area contributed by atoms with Gasteiger partial charge in [-0.05, 0) is 24.7 Å². The van der Waals surface area contributed by atoms with Crippen LogP contribution in [0.25, 0.3) is 0 Å². The first-order chi connectivity index (χ1) is 15.1. The van der Waals surface area contributed by atoms with Crippen molar-refractivity contribution in [3.8, 4) is 0 Å². The molecule has 1 saturated carbocycles. The largest absolute Gasteiger partial charge is 0.391 e. The Bertz CT molecular complexity index is 767. The number of nitrogens with two attached hydrogens (primary N) is 1. The second-order valence-electron chi connectivity index (χ2n) is 9.23. The standard InChI is InChI=1S/C21H38N5O5P/c1-14(2)19(26-20(28)18(22)8-16-9-23-13-25-16)21(29)24-10-17(27)12-32(30,31)11-15-6-4-3-5-7-15/h9,13-15,17-19,27H,3-8,10-12,22H2,1-2H3,(H,23,25)(H,24,29)(H,26,28)(H,30,31)/t17-,18?,19+/m1/s1. The molecule has 2 amide bonds. The molecule has 2 rings (SSSR count). The highest BCUT2D eigenvalue weighted by molar-refractivity contribution is 7.58. The molecule has 0 aromatic carbocycles. The van der Waals surface area contributed by atoms with Crippen LogP contribution in [0.5, 0.6) is 0 Å². The maximum atomic E-state index is 12.6. The van der Waals surface area contributed by atoms with E-state index in [1.54, 1.807) is 20.0 Å². The summed E-state index contributed by atoms with van der Waals surface area (Å²) in [7, 11) is -3.48. The van der Waals surface area contributed by atoms with E-state index < -0.39 is 37.4 Å². The Hall–Kier alpha value is -1.74. The quantitative estimate of drug-likeness (QED) is 0.244. The Morgan fingerprint density at radius 3 is 2.56 bits per heavy atom. The maximum absolute atomic E-state index is 12.6. The SMILES string of the molecule is CC(C)[C@H](NC(=O)C(N)Cc1cnc[nH]1)C(=O)NC[C@@H](O)CP(=O)(O)CC1CCCCC1. The number of imidazole rings is 1. The van der Waals surface area contributed by atoms with Crippen LogP contribution in [0.4, 0.5) is 0 Å². The summed E-state index contributed by atoms with van der Waals surface area (Å²) in [6.45, 7) is 3.41. The number of hydrogen-bond donors (Lipinski definition) is 6. The van der Waals surface area contributed by atoms with Gasteiger partial charge in [-0.15, -0.1) is 0 Å². The van der Waals surface area contributed by atoms with Crippen molar-refractivity contribution in [1.82, 2.24) is 20.6 Å². The van der Waals surface area contributed by atoms with Gasteiger partial charge in [0.05, 0.1) is 24.6 Å². The third-order valence-corrected chi connectivity index (χ3v) is 7.93. The van der Waals surface area contributed by atoms with E-state index in [1.165, 1.54) is 12.7 Å². The van der Waals surface area contributed by atoms with E-state index in [9.17, 15) is 24.2 Å². The molecule has 4 atom stereocenters. The van der Waals surface area contributed by atoms with Gasteiger partial charge < -0.3 is 31.4 Å². The minimum atomic E-state index is -3.48. The summed E-state index contributed by atoms with van der Waals surface area (Å²) in [4.78, 5) is 42.1. The molecule has 1 aromatic rings. The molecule has 1 aliphatic carbocycles. The highest BCUT2D eigenvalue weighted by Crippen LogP contribution is 2.45. The normalized spacial score (nSPS) is 19.7. The summed E-state index contributed by atoms with van der Waals surface area (Å²) in [6.07, 6.45) is 7.40. The molecule has 0 bridgehead atoms. The van der Waals surface area contributed by atoms with Gasteiger partial charge in [-0.2, -0.15) is 0 Å². The van der Waals surface area contributed by atoms with Gasteiger partial charge in [-0.25, -0.2) is 4.98 Å². The minimum absolute atomic E-state index is 0.159. The molecule has 7 N–H and O–H groups in total. The molecule has 11 heteroatoms. The summed E-state index contributed by atoms with van der Waals surface area (Å²) < 4.78 is 12.5. The molecule has 0 aliphatic heterocycles. The number of aromatic nitrogens is 2. The zero-order chi connectivity index (χ0) is 23.7. The van der Waals surface area contributed by atoms with Crippen molar-refractivity contribution in [1.29, 1.82) is 0 Å². The number of carbonyl (C=O) groups excluding carboxylic acids is 2. The van der Waals surface area contributed by atoms with Gasteiger partial charge in [0, 0.05) is 31.0 Å². The fraction of sp³-hybridized carbons (Fsp3) is 0.762. The highest BCUT2D eigenvalue weighted by atomic mass is 31.2. The van der Waals surface area contributed by atoms with Gasteiger partial charge in [0.25, 0.3) is 0 Å². The molecule has 182 valence electrons. The van der Waals surface area contributed by atoms with Crippen LogP contribution in [0.1, 0.15) is 51.6 Å². The van der Waals surface area contributed by atoms with Gasteiger partial charge in [0.1, 0.15) is 6.04 Å². The number of hydrogen-bond acceptors (Lipinski definition) is 6. The monoisotopic (exact) mass is 471 g/mol. The molecule has 32 heavy (non-hydrogen) atoms. The number of nitrogens with one attached hydrogen (secondary N) is 3. The smallest absolute Gasteiger partial charge is 0.242 e. The van der Waals surface area contributed by atoms with Gasteiger partial charge in [-0.1, -0.05) is 33.1 Å². The van der Waals surface area contributed by atoms with E-state index in [0.29, 0.717) is 5.69 Å². The molecule has 10 nitrogen and oxygen atoms in total. The van der Waals surface area contributed by atoms with Crippen LogP contribution >= 0.6 is 7.37 Å². The van der Waals surface area contributed by atoms with Crippen LogP contribution in [0.2, 0.25) is 0 Å². The molecule has 0 saturated heterocycles. The first-order valence-corrected chi connectivity index (χ1v) is 13.4. The van der Waals surface area contributed by atoms with E-state index in [1.807, 2.05) is 0 Å². The second-order valence-corrected chi connectivity index (χ2v) is 11.7. The first kappa shape index (κ1) is 26.5. The Labute approximate surface area is 189 Å². The van der Waals surface area contributed by atoms with Gasteiger partial charge in [0.15, 0.2) is 0 Å². The zero-order valence-corrected chi connectivity index (χ0v) is 19.9. The first-order valence-electron chi connectivity index (χ1n) is 11.4. The van der Waals surface area contributed by atoms with Crippen molar-refractivity contribution < 1.29 is 24.2 Å². The predicted octanol–water partition coefficient (Wildman–Crippen LogP) is 0.748. The fourth-order valence-electron chi connectivity index (χ4n) is 4.09. The number of amides is 2. The fourth-order valence-corrected chi connectivity index (χ4v) is 6.20. The van der Waals surface area contributed by atoms with Gasteiger partial charge >= 0.3 is 0 Å². The van der Waals surface area contributed by atoms with Crippen molar-refractivity contribution in [3.63, 3.8) is 0 Å². The Morgan fingerprint density at radius 2 is 1.97 bits per heavy atom. The number of carbonyl (C=O) groups is 2. The predicted molar refractivity (Wildman–Crippen MR) is 122 cm³/mol. The number of aliphatic hydroxyl groups is 1. The summed E-state index contributed by atoms with van der Waals surface area (Å²) in [6, 6.07) is -1.69. The lowest BCUT2D eigenvalue weighted by molar-refractivity contribution is -0.130. The third kappa shape index (κ3) is 9.02. The molecule has 0 radical (unpaired) electrons. The number of aromatic amines is 1. The van der Waals surface area contributed by atoms with E-state index in [2.05, 4.69) is 20.6 Å². The molecular weight excluding hydrogens is 433 g/mol. The van der Waals surface area contributed by atoms with E-state index in [4.69, 9.17) is 5.73 Å². The molecule has 0 spiro atoms. The summed E-state index contributed by atoms with van der Waals surface area (Å²) in [5, 5.41) is 15.5. The summed E-state index contributed by atoms with van der Waals surface area (Å²) >= 11 is 0. The minimum Gasteiger partial charge on any atom is -0.391 e. The lowest BCUT2D eigenvalue weighted by Crippen LogP contribution is -2.55. The molecule has 1 aromatic heterocycles. The van der Waals surface area contributed by atoms with E-state index in [0.717, 1.165) is 25.7 Å². The Morgan fingerprint density at radius 1 is 1.28 bits per heavy atom. The van der Waals surface area contributed by atoms with Crippen LogP contribution in [-0.2, 0) is 20.6 Å². The average molecular weight is 472 g/mol. The van der Waals surface area contributed by atoms with Crippen LogP contribution in [0.15, 0.2) is 12.5 Å². The topological polar surface area (TPSA) is 170 Å². The highest BCUT2D eigenvalue weighted by Gasteiger charge is 2.30. The number of H-pyrrole nitrogens is 1. The van der Waals surface area contributed by atoms with Crippen molar-refractivity contribution >= 4 is 19.2 Å². The van der Waals surface area contributed by atoms with Crippen molar-refractivity contribution in [2.75, 3.05) is 18.9 Å². The summed E-state index contributed by atoms with van der Waals surface area (Å²) in [5.41, 5.74) is 6.65. The average Bonchev–Trinajstić information content (AvgIpc) is 3.22. The molecule has 1 aliphatic rings. The van der Waals surface area contributed by atoms with E-state index in [-0.39, 0.29) is 37.1 Å². The van der Waals surface area contributed by atoms with Crippen LogP contribution < -0.4 is 16.4 Å². The van der Waals surface area contributed by atoms with Crippen molar-refractivity contribution in [2.24, 2.45) is 17.6 Å².